The van der Waals surface area contributed by atoms with Crippen molar-refractivity contribution in [3.63, 3.8) is 0 Å². The van der Waals surface area contributed by atoms with Crippen LogP contribution in [0.15, 0.2) is 65.7 Å². The van der Waals surface area contributed by atoms with E-state index in [0.29, 0.717) is 11.3 Å². The average Bonchev–Trinajstić information content (AvgIpc) is 3.00. The average molecular weight is 439 g/mol. The Morgan fingerprint density at radius 1 is 1.10 bits per heavy atom. The maximum Gasteiger partial charge on any atom is 0.328 e. The molecule has 0 fully saturated rings. The molecule has 3 rings (SSSR count). The number of carbonyl (C=O) groups is 2. The number of benzene rings is 2. The summed E-state index contributed by atoms with van der Waals surface area (Å²) in [6.07, 6.45) is 5.44. The third kappa shape index (κ3) is 5.10. The van der Waals surface area contributed by atoms with E-state index in [1.807, 2.05) is 36.7 Å². The van der Waals surface area contributed by atoms with Gasteiger partial charge in [-0.05, 0) is 60.0 Å². The molecule has 0 radical (unpaired) electrons. The summed E-state index contributed by atoms with van der Waals surface area (Å²) in [7, 11) is -1.47. The zero-order chi connectivity index (χ0) is 22.8. The number of aromatic nitrogens is 1. The minimum absolute atomic E-state index is 0.181. The van der Waals surface area contributed by atoms with Gasteiger partial charge < -0.3 is 15.0 Å². The predicted octanol–water partition coefficient (Wildman–Crippen LogP) is 3.75. The van der Waals surface area contributed by atoms with Crippen LogP contribution in [0.25, 0.3) is 17.3 Å². The second-order valence-electron chi connectivity index (χ2n) is 7.17. The number of nitrogens with one attached hydrogen (secondary N) is 1. The number of carboxylic acid groups (broad SMARTS) is 1. The van der Waals surface area contributed by atoms with Gasteiger partial charge in [0.05, 0.1) is 16.2 Å². The summed E-state index contributed by atoms with van der Waals surface area (Å²) in [6.45, 7) is 1.84. The number of aryl methyl sites for hydroxylation is 1. The van der Waals surface area contributed by atoms with Gasteiger partial charge in [-0.25, -0.2) is 13.2 Å². The summed E-state index contributed by atoms with van der Waals surface area (Å²) in [5.41, 5.74) is 4.16. The number of hydrogen-bond acceptors (Lipinski definition) is 4. The van der Waals surface area contributed by atoms with Crippen molar-refractivity contribution in [3.8, 4) is 11.3 Å². The first kappa shape index (κ1) is 22.0. The van der Waals surface area contributed by atoms with Crippen LogP contribution < -0.4 is 5.32 Å². The van der Waals surface area contributed by atoms with Gasteiger partial charge in [-0.1, -0.05) is 18.2 Å². The second kappa shape index (κ2) is 8.61. The van der Waals surface area contributed by atoms with E-state index in [-0.39, 0.29) is 10.8 Å². The third-order valence-corrected chi connectivity index (χ3v) is 5.93. The van der Waals surface area contributed by atoms with E-state index in [9.17, 15) is 18.0 Å². The van der Waals surface area contributed by atoms with Crippen molar-refractivity contribution >= 4 is 33.5 Å². The molecular weight excluding hydrogens is 416 g/mol. The first-order valence-corrected chi connectivity index (χ1v) is 11.2. The van der Waals surface area contributed by atoms with Crippen molar-refractivity contribution in [2.45, 2.75) is 11.8 Å². The maximum absolute atomic E-state index is 12.8. The summed E-state index contributed by atoms with van der Waals surface area (Å²) >= 11 is 0. The Morgan fingerprint density at radius 3 is 2.39 bits per heavy atom. The zero-order valence-electron chi connectivity index (χ0n) is 17.3. The van der Waals surface area contributed by atoms with Crippen molar-refractivity contribution in [1.82, 2.24) is 4.57 Å². The normalized spacial score (nSPS) is 11.6. The quantitative estimate of drug-likeness (QED) is 0.570. The van der Waals surface area contributed by atoms with Crippen LogP contribution in [0, 0.1) is 6.92 Å². The predicted molar refractivity (Wildman–Crippen MR) is 120 cm³/mol. The Kier molecular flexibility index (Phi) is 6.12. The highest BCUT2D eigenvalue weighted by Gasteiger charge is 2.18. The smallest absolute Gasteiger partial charge is 0.328 e. The number of sulfone groups is 1. The lowest BCUT2D eigenvalue weighted by atomic mass is 10.0. The Hall–Kier alpha value is -3.65. The molecule has 0 spiro atoms. The van der Waals surface area contributed by atoms with Crippen LogP contribution in [0.3, 0.4) is 0 Å². The second-order valence-corrected chi connectivity index (χ2v) is 9.19. The maximum atomic E-state index is 12.8. The fourth-order valence-corrected chi connectivity index (χ4v) is 3.97. The van der Waals surface area contributed by atoms with E-state index in [1.165, 1.54) is 18.2 Å². The molecule has 0 aliphatic carbocycles. The van der Waals surface area contributed by atoms with Crippen molar-refractivity contribution in [2.24, 2.45) is 7.05 Å². The molecule has 7 nitrogen and oxygen atoms in total. The molecule has 1 amide bonds. The van der Waals surface area contributed by atoms with Gasteiger partial charge in [0.2, 0.25) is 0 Å². The number of anilines is 1. The molecule has 1 aromatic heterocycles. The lowest BCUT2D eigenvalue weighted by Crippen LogP contribution is -2.12. The largest absolute Gasteiger partial charge is 0.478 e. The number of amides is 1. The van der Waals surface area contributed by atoms with Gasteiger partial charge in [0.1, 0.15) is 0 Å². The van der Waals surface area contributed by atoms with Crippen LogP contribution in [0.1, 0.15) is 21.5 Å². The van der Waals surface area contributed by atoms with E-state index in [1.54, 1.807) is 24.4 Å². The van der Waals surface area contributed by atoms with Gasteiger partial charge in [0.15, 0.2) is 9.84 Å². The SMILES string of the molecule is Cc1c(C(=O)Nc2ccc(S(C)(=O)=O)cc2)cn(C)c1-c1cccc(/C=C/C(=O)O)c1. The number of aliphatic carboxylic acids is 1. The van der Waals surface area contributed by atoms with Crippen molar-refractivity contribution in [1.29, 1.82) is 0 Å². The molecule has 0 saturated heterocycles. The van der Waals surface area contributed by atoms with Crippen LogP contribution in [-0.2, 0) is 21.7 Å². The van der Waals surface area contributed by atoms with Crippen LogP contribution >= 0.6 is 0 Å². The van der Waals surface area contributed by atoms with Gasteiger partial charge >= 0.3 is 5.97 Å². The van der Waals surface area contributed by atoms with Crippen LogP contribution in [0.5, 0.6) is 0 Å². The fraction of sp³-hybridized carbons (Fsp3) is 0.130. The number of carbonyl (C=O) groups excluding carboxylic acids is 1. The molecule has 0 saturated carbocycles. The summed E-state index contributed by atoms with van der Waals surface area (Å²) < 4.78 is 25.0. The molecule has 8 heteroatoms. The van der Waals surface area contributed by atoms with Crippen molar-refractivity contribution in [3.05, 3.63) is 77.5 Å². The van der Waals surface area contributed by atoms with Crippen LogP contribution in [-0.4, -0.2) is 36.2 Å². The molecule has 160 valence electrons. The topological polar surface area (TPSA) is 105 Å². The first-order valence-electron chi connectivity index (χ1n) is 9.35. The van der Waals surface area contributed by atoms with Crippen LogP contribution in [0.2, 0.25) is 0 Å². The molecule has 0 unspecified atom stereocenters. The minimum Gasteiger partial charge on any atom is -0.478 e. The summed E-state index contributed by atoms with van der Waals surface area (Å²) in [5.74, 6) is -1.34. The molecule has 31 heavy (non-hydrogen) atoms. The van der Waals surface area contributed by atoms with E-state index in [2.05, 4.69) is 5.32 Å². The molecule has 0 aliphatic rings. The van der Waals surface area contributed by atoms with Crippen LogP contribution in [0.4, 0.5) is 5.69 Å². The van der Waals surface area contributed by atoms with Gasteiger partial charge in [0, 0.05) is 31.3 Å². The Labute approximate surface area is 180 Å². The molecular formula is C23H22N2O5S. The Morgan fingerprint density at radius 2 is 1.77 bits per heavy atom. The van der Waals surface area contributed by atoms with E-state index >= 15 is 0 Å². The number of hydrogen-bond donors (Lipinski definition) is 2. The molecule has 0 bridgehead atoms. The summed E-state index contributed by atoms with van der Waals surface area (Å²) in [4.78, 5) is 23.8. The van der Waals surface area contributed by atoms with E-state index in [0.717, 1.165) is 34.7 Å². The highest BCUT2D eigenvalue weighted by Crippen LogP contribution is 2.29. The highest BCUT2D eigenvalue weighted by atomic mass is 32.2. The van der Waals surface area contributed by atoms with Crippen molar-refractivity contribution in [2.75, 3.05) is 11.6 Å². The van der Waals surface area contributed by atoms with Gasteiger partial charge in [-0.15, -0.1) is 0 Å². The molecule has 1 heterocycles. The zero-order valence-corrected chi connectivity index (χ0v) is 18.1. The molecule has 0 aliphatic heterocycles. The molecule has 2 aromatic carbocycles. The fourth-order valence-electron chi connectivity index (χ4n) is 3.34. The number of carboxylic acids is 1. The highest BCUT2D eigenvalue weighted by molar-refractivity contribution is 7.90. The van der Waals surface area contributed by atoms with Gasteiger partial charge in [-0.2, -0.15) is 0 Å². The standard InChI is InChI=1S/C23H22N2O5S/c1-15-20(23(28)24-18-8-10-19(11-9-18)31(3,29)30)14-25(2)22(15)17-6-4-5-16(13-17)7-12-21(26)27/h4-14H,1-3H3,(H,24,28)(H,26,27)/b12-7+. The van der Waals surface area contributed by atoms with E-state index in [4.69, 9.17) is 5.11 Å². The molecule has 2 N–H and O–H groups in total. The number of nitrogens with zero attached hydrogens (tertiary/aromatic N) is 1. The third-order valence-electron chi connectivity index (χ3n) is 4.80. The lowest BCUT2D eigenvalue weighted by Gasteiger charge is -2.08. The summed E-state index contributed by atoms with van der Waals surface area (Å²) in [6, 6.07) is 13.4. The van der Waals surface area contributed by atoms with Gasteiger partial charge in [-0.3, -0.25) is 4.79 Å². The summed E-state index contributed by atoms with van der Waals surface area (Å²) in [5, 5.41) is 11.6. The first-order chi connectivity index (χ1) is 14.6. The molecule has 3 aromatic rings. The Bertz CT molecular complexity index is 1290. The number of rotatable bonds is 6. The van der Waals surface area contributed by atoms with Crippen molar-refractivity contribution < 1.29 is 23.1 Å². The lowest BCUT2D eigenvalue weighted by molar-refractivity contribution is -0.131. The Balaban J connectivity index is 1.88. The monoisotopic (exact) mass is 438 g/mol. The minimum atomic E-state index is -3.31. The molecule has 0 atom stereocenters. The van der Waals surface area contributed by atoms with E-state index < -0.39 is 15.8 Å². The van der Waals surface area contributed by atoms with Gasteiger partial charge in [0.25, 0.3) is 5.91 Å².